The van der Waals surface area contributed by atoms with Crippen LogP contribution in [0.3, 0.4) is 0 Å². The van der Waals surface area contributed by atoms with E-state index in [2.05, 4.69) is 15.6 Å². The van der Waals surface area contributed by atoms with E-state index >= 15 is 0 Å². The molecule has 0 aliphatic heterocycles. The largest absolute Gasteiger partial charge is 0.390 e. The molecule has 3 rings (SSSR count). The van der Waals surface area contributed by atoms with Gasteiger partial charge in [0.2, 0.25) is 11.8 Å². The Hall–Kier alpha value is -3.17. The molecule has 0 saturated carbocycles. The van der Waals surface area contributed by atoms with E-state index in [0.29, 0.717) is 17.4 Å². The minimum absolute atomic E-state index is 0.0466. The van der Waals surface area contributed by atoms with Gasteiger partial charge < -0.3 is 20.3 Å². The molecule has 0 aliphatic rings. The van der Waals surface area contributed by atoms with E-state index in [1.165, 1.54) is 30.1 Å². The Kier molecular flexibility index (Phi) is 8.82. The summed E-state index contributed by atoms with van der Waals surface area (Å²) in [6.07, 6.45) is 2.23. The van der Waals surface area contributed by atoms with Crippen LogP contribution in [0.25, 0.3) is 0 Å². The molecule has 0 spiro atoms. The molecule has 0 unspecified atom stereocenters. The first-order valence-corrected chi connectivity index (χ1v) is 11.1. The smallest absolute Gasteiger partial charge is 0.240 e. The van der Waals surface area contributed by atoms with Gasteiger partial charge in [0, 0.05) is 13.1 Å². The number of hydrogen-bond donors (Lipinski definition) is 3. The molecule has 0 fully saturated rings. The lowest BCUT2D eigenvalue weighted by molar-refractivity contribution is -0.122. The van der Waals surface area contributed by atoms with Crippen molar-refractivity contribution in [2.45, 2.75) is 31.3 Å². The van der Waals surface area contributed by atoms with Crippen molar-refractivity contribution in [3.05, 3.63) is 83.4 Å². The van der Waals surface area contributed by atoms with E-state index in [4.69, 9.17) is 0 Å². The number of amides is 2. The van der Waals surface area contributed by atoms with Crippen LogP contribution in [-0.2, 0) is 35.7 Å². The summed E-state index contributed by atoms with van der Waals surface area (Å²) in [5.74, 6) is -0.603. The third-order valence-corrected chi connectivity index (χ3v) is 5.67. The summed E-state index contributed by atoms with van der Waals surface area (Å²) in [6.45, 7) is 0.469. The Balaban J connectivity index is 1.48. The van der Waals surface area contributed by atoms with Crippen molar-refractivity contribution in [2.24, 2.45) is 0 Å². The van der Waals surface area contributed by atoms with Crippen molar-refractivity contribution in [3.8, 4) is 0 Å². The summed E-state index contributed by atoms with van der Waals surface area (Å²) in [6, 6.07) is 15.8. The van der Waals surface area contributed by atoms with Crippen molar-refractivity contribution in [2.75, 3.05) is 12.3 Å². The number of thioether (sulfide) groups is 1. The summed E-state index contributed by atoms with van der Waals surface area (Å²) in [5.41, 5.74) is 2.40. The van der Waals surface area contributed by atoms with Gasteiger partial charge in [-0.15, -0.1) is 0 Å². The van der Waals surface area contributed by atoms with Gasteiger partial charge in [-0.05, 0) is 29.7 Å². The van der Waals surface area contributed by atoms with Crippen LogP contribution in [0, 0.1) is 5.82 Å². The van der Waals surface area contributed by atoms with Crippen molar-refractivity contribution in [3.63, 3.8) is 0 Å². The average Bonchev–Trinajstić information content (AvgIpc) is 3.19. The van der Waals surface area contributed by atoms with Crippen LogP contribution in [0.4, 0.5) is 4.39 Å². The topological polar surface area (TPSA) is 96.2 Å². The summed E-state index contributed by atoms with van der Waals surface area (Å²) >= 11 is 1.20. The van der Waals surface area contributed by atoms with Crippen molar-refractivity contribution >= 4 is 23.6 Å². The standard InChI is InChI=1S/C23H25FN4O3S/c24-19-8-6-18(7-9-19)12-26-21(30)14-28-20(15-29)13-27-23(28)32-16-22(31)25-11-10-17-4-2-1-3-5-17/h1-9,13,29H,10-12,14-16H2,(H,25,31)(H,26,30). The van der Waals surface area contributed by atoms with Crippen LogP contribution < -0.4 is 10.6 Å². The van der Waals surface area contributed by atoms with E-state index in [0.717, 1.165) is 17.5 Å². The maximum Gasteiger partial charge on any atom is 0.240 e. The van der Waals surface area contributed by atoms with Gasteiger partial charge in [0.25, 0.3) is 0 Å². The summed E-state index contributed by atoms with van der Waals surface area (Å²) in [4.78, 5) is 28.8. The number of nitrogens with zero attached hydrogens (tertiary/aromatic N) is 2. The van der Waals surface area contributed by atoms with Crippen LogP contribution in [0.1, 0.15) is 16.8 Å². The van der Waals surface area contributed by atoms with E-state index in [1.807, 2.05) is 30.3 Å². The van der Waals surface area contributed by atoms with Gasteiger partial charge in [0.1, 0.15) is 12.4 Å². The van der Waals surface area contributed by atoms with E-state index in [-0.39, 0.29) is 43.1 Å². The molecular weight excluding hydrogens is 431 g/mol. The minimum Gasteiger partial charge on any atom is -0.390 e. The van der Waals surface area contributed by atoms with Crippen LogP contribution in [0.5, 0.6) is 0 Å². The first-order valence-electron chi connectivity index (χ1n) is 10.1. The van der Waals surface area contributed by atoms with Crippen LogP contribution in [-0.4, -0.2) is 38.8 Å². The predicted octanol–water partition coefficient (Wildman–Crippen LogP) is 2.28. The first-order chi connectivity index (χ1) is 15.5. The number of aliphatic hydroxyl groups excluding tert-OH is 1. The number of imidazole rings is 1. The molecular formula is C23H25FN4O3S. The summed E-state index contributed by atoms with van der Waals surface area (Å²) in [5, 5.41) is 15.7. The van der Waals surface area contributed by atoms with Crippen molar-refractivity contribution < 1.29 is 19.1 Å². The molecule has 0 saturated heterocycles. The van der Waals surface area contributed by atoms with Gasteiger partial charge in [-0.2, -0.15) is 0 Å². The predicted molar refractivity (Wildman–Crippen MR) is 120 cm³/mol. The summed E-state index contributed by atoms with van der Waals surface area (Å²) in [7, 11) is 0. The zero-order valence-electron chi connectivity index (χ0n) is 17.5. The fourth-order valence-electron chi connectivity index (χ4n) is 2.98. The molecule has 7 nitrogen and oxygen atoms in total. The number of carbonyl (C=O) groups is 2. The van der Waals surface area contributed by atoms with Crippen LogP contribution in [0.2, 0.25) is 0 Å². The molecule has 2 amide bonds. The highest BCUT2D eigenvalue weighted by Crippen LogP contribution is 2.18. The Morgan fingerprint density at radius 2 is 1.75 bits per heavy atom. The van der Waals surface area contributed by atoms with E-state index in [1.54, 1.807) is 16.7 Å². The SMILES string of the molecule is O=C(CSc1ncc(CO)n1CC(=O)NCc1ccc(F)cc1)NCCc1ccccc1. The zero-order valence-corrected chi connectivity index (χ0v) is 18.3. The highest BCUT2D eigenvalue weighted by Gasteiger charge is 2.15. The number of aromatic nitrogens is 2. The van der Waals surface area contributed by atoms with E-state index in [9.17, 15) is 19.1 Å². The quantitative estimate of drug-likeness (QED) is 0.385. The molecule has 3 aromatic rings. The molecule has 3 N–H and O–H groups in total. The minimum atomic E-state index is -0.336. The van der Waals surface area contributed by atoms with Gasteiger partial charge >= 0.3 is 0 Å². The average molecular weight is 457 g/mol. The van der Waals surface area contributed by atoms with Gasteiger partial charge in [-0.1, -0.05) is 54.2 Å². The van der Waals surface area contributed by atoms with Crippen molar-refractivity contribution in [1.29, 1.82) is 0 Å². The second kappa shape index (κ2) is 12.0. The highest BCUT2D eigenvalue weighted by atomic mass is 32.2. The molecule has 1 aromatic heterocycles. The second-order valence-corrected chi connectivity index (χ2v) is 8.00. The number of nitrogens with one attached hydrogen (secondary N) is 2. The van der Waals surface area contributed by atoms with Gasteiger partial charge in [-0.25, -0.2) is 9.37 Å². The van der Waals surface area contributed by atoms with Gasteiger partial charge in [0.15, 0.2) is 5.16 Å². The Labute approximate surface area is 190 Å². The molecule has 9 heteroatoms. The normalized spacial score (nSPS) is 10.7. The Bertz CT molecular complexity index is 1030. The fourth-order valence-corrected chi connectivity index (χ4v) is 3.80. The maximum atomic E-state index is 13.0. The number of aliphatic hydroxyl groups is 1. The molecule has 32 heavy (non-hydrogen) atoms. The third-order valence-electron chi connectivity index (χ3n) is 4.68. The lowest BCUT2D eigenvalue weighted by Gasteiger charge is -2.11. The zero-order chi connectivity index (χ0) is 22.8. The number of benzene rings is 2. The monoisotopic (exact) mass is 456 g/mol. The number of rotatable bonds is 11. The second-order valence-electron chi connectivity index (χ2n) is 7.05. The van der Waals surface area contributed by atoms with E-state index < -0.39 is 0 Å². The third kappa shape index (κ3) is 7.21. The lowest BCUT2D eigenvalue weighted by Crippen LogP contribution is -2.29. The molecule has 0 atom stereocenters. The van der Waals surface area contributed by atoms with Crippen LogP contribution in [0.15, 0.2) is 66.0 Å². The molecule has 0 bridgehead atoms. The lowest BCUT2D eigenvalue weighted by atomic mass is 10.1. The number of halogens is 1. The molecule has 1 heterocycles. The van der Waals surface area contributed by atoms with Gasteiger partial charge in [-0.3, -0.25) is 9.59 Å². The van der Waals surface area contributed by atoms with Gasteiger partial charge in [0.05, 0.1) is 24.3 Å². The molecule has 168 valence electrons. The Morgan fingerprint density at radius 1 is 1.00 bits per heavy atom. The fraction of sp³-hybridized carbons (Fsp3) is 0.261. The molecule has 2 aromatic carbocycles. The highest BCUT2D eigenvalue weighted by molar-refractivity contribution is 7.99. The molecule has 0 radical (unpaired) electrons. The van der Waals surface area contributed by atoms with Crippen molar-refractivity contribution in [1.82, 2.24) is 20.2 Å². The van der Waals surface area contributed by atoms with Crippen LogP contribution >= 0.6 is 11.8 Å². The number of carbonyl (C=O) groups excluding carboxylic acids is 2. The Morgan fingerprint density at radius 3 is 2.47 bits per heavy atom. The first kappa shape index (κ1) is 23.5. The number of hydrogen-bond acceptors (Lipinski definition) is 5. The molecule has 0 aliphatic carbocycles. The summed E-state index contributed by atoms with van der Waals surface area (Å²) < 4.78 is 14.6. The maximum absolute atomic E-state index is 13.0.